The molecule has 0 N–H and O–H groups in total. The molecule has 0 bridgehead atoms. The quantitative estimate of drug-likeness (QED) is 0.230. The monoisotopic (exact) mass is 490 g/mol. The van der Waals surface area contributed by atoms with Gasteiger partial charge in [-0.2, -0.15) is 5.10 Å². The minimum absolute atomic E-state index is 0.661. The third-order valence-corrected chi connectivity index (χ3v) is 7.40. The first-order valence-corrected chi connectivity index (χ1v) is 12.9. The van der Waals surface area contributed by atoms with E-state index >= 15 is 0 Å². The molecular formula is C34H26N4. The van der Waals surface area contributed by atoms with E-state index in [1.54, 1.807) is 0 Å². The Kier molecular flexibility index (Phi) is 5.37. The van der Waals surface area contributed by atoms with Crippen molar-refractivity contribution in [2.45, 2.75) is 12.1 Å². The first-order chi connectivity index (χ1) is 18.8. The van der Waals surface area contributed by atoms with Crippen molar-refractivity contribution in [1.82, 2.24) is 19.3 Å². The van der Waals surface area contributed by atoms with E-state index in [1.165, 1.54) is 5.56 Å². The molecule has 2 aromatic heterocycles. The molecule has 0 aliphatic carbocycles. The summed E-state index contributed by atoms with van der Waals surface area (Å²) in [4.78, 5) is 4.81. The zero-order valence-electron chi connectivity index (χ0n) is 20.9. The van der Waals surface area contributed by atoms with E-state index < -0.39 is 5.54 Å². The molecule has 7 aromatic rings. The van der Waals surface area contributed by atoms with Gasteiger partial charge in [0.2, 0.25) is 0 Å². The average molecular weight is 491 g/mol. The van der Waals surface area contributed by atoms with Crippen LogP contribution < -0.4 is 0 Å². The van der Waals surface area contributed by atoms with Crippen LogP contribution in [0.3, 0.4) is 0 Å². The van der Waals surface area contributed by atoms with E-state index in [2.05, 4.69) is 137 Å². The van der Waals surface area contributed by atoms with Gasteiger partial charge >= 0.3 is 0 Å². The van der Waals surface area contributed by atoms with Gasteiger partial charge in [-0.1, -0.05) is 121 Å². The van der Waals surface area contributed by atoms with Gasteiger partial charge in [-0.05, 0) is 34.4 Å². The van der Waals surface area contributed by atoms with Gasteiger partial charge < -0.3 is 4.57 Å². The molecule has 0 saturated heterocycles. The lowest BCUT2D eigenvalue weighted by Crippen LogP contribution is -2.38. The van der Waals surface area contributed by atoms with Gasteiger partial charge in [-0.15, -0.1) is 0 Å². The summed E-state index contributed by atoms with van der Waals surface area (Å²) in [6.07, 6.45) is 3.92. The summed E-state index contributed by atoms with van der Waals surface area (Å²) in [6, 6.07) is 46.9. The van der Waals surface area contributed by atoms with E-state index in [9.17, 15) is 0 Å². The lowest BCUT2D eigenvalue weighted by atomic mass is 9.77. The Morgan fingerprint density at radius 3 is 1.66 bits per heavy atom. The lowest BCUT2D eigenvalue weighted by molar-refractivity contribution is 0.476. The highest BCUT2D eigenvalue weighted by molar-refractivity contribution is 5.94. The fourth-order valence-corrected chi connectivity index (χ4v) is 5.66. The Balaban J connectivity index is 1.50. The van der Waals surface area contributed by atoms with Crippen LogP contribution in [0.1, 0.15) is 22.3 Å². The number of hydrogen-bond acceptors (Lipinski definition) is 2. The molecule has 5 aromatic carbocycles. The molecule has 0 amide bonds. The molecule has 0 atom stereocenters. The summed E-state index contributed by atoms with van der Waals surface area (Å²) >= 11 is 0. The van der Waals surface area contributed by atoms with Crippen molar-refractivity contribution < 1.29 is 0 Å². The zero-order valence-corrected chi connectivity index (χ0v) is 20.9. The van der Waals surface area contributed by atoms with Crippen molar-refractivity contribution >= 4 is 21.9 Å². The second-order valence-electron chi connectivity index (χ2n) is 9.62. The predicted octanol–water partition coefficient (Wildman–Crippen LogP) is 7.27. The van der Waals surface area contributed by atoms with Crippen LogP contribution in [0.2, 0.25) is 0 Å². The Hall–Kier alpha value is -4.96. The Morgan fingerprint density at radius 1 is 0.579 bits per heavy atom. The van der Waals surface area contributed by atoms with Crippen molar-refractivity contribution in [3.63, 3.8) is 0 Å². The highest BCUT2D eigenvalue weighted by atomic mass is 15.3. The topological polar surface area (TPSA) is 35.6 Å². The molecule has 0 radical (unpaired) electrons. The smallest absolute Gasteiger partial charge is 0.138 e. The van der Waals surface area contributed by atoms with Crippen molar-refractivity contribution in [2.24, 2.45) is 0 Å². The van der Waals surface area contributed by atoms with Gasteiger partial charge in [0.15, 0.2) is 0 Å². The first kappa shape index (κ1) is 22.3. The average Bonchev–Trinajstić information content (AvgIpc) is 3.58. The van der Waals surface area contributed by atoms with Crippen LogP contribution in [-0.2, 0) is 12.1 Å². The fourth-order valence-electron chi connectivity index (χ4n) is 5.66. The summed E-state index contributed by atoms with van der Waals surface area (Å²) < 4.78 is 4.39. The molecule has 0 aliphatic rings. The zero-order chi connectivity index (χ0) is 25.4. The summed E-state index contributed by atoms with van der Waals surface area (Å²) in [6.45, 7) is 0.777. The standard InChI is InChI=1S/C34H26N4/c1-5-13-26(14-6-1)24-37-25-35-31-22-32-27(21-33(31)37)23-36-38(32)34(28-15-7-2-8-16-28,29-17-9-3-10-18-29)30-19-11-4-12-20-30/h1-23,25H,24H2. The maximum Gasteiger partial charge on any atom is 0.138 e. The van der Waals surface area contributed by atoms with Crippen LogP contribution in [0.25, 0.3) is 21.9 Å². The van der Waals surface area contributed by atoms with Gasteiger partial charge in [0.05, 0.1) is 29.1 Å². The molecule has 0 aliphatic heterocycles. The van der Waals surface area contributed by atoms with Crippen LogP contribution in [0, 0.1) is 0 Å². The fraction of sp³-hybridized carbons (Fsp3) is 0.0588. The molecule has 4 heteroatoms. The summed E-state index contributed by atoms with van der Waals surface area (Å²) in [5.41, 5.74) is 7.14. The van der Waals surface area contributed by atoms with Crippen molar-refractivity contribution in [3.05, 3.63) is 168 Å². The third kappa shape index (κ3) is 3.53. The van der Waals surface area contributed by atoms with Gasteiger partial charge in [0.25, 0.3) is 0 Å². The Bertz CT molecular complexity index is 1720. The molecule has 4 nitrogen and oxygen atoms in total. The SMILES string of the molecule is c1ccc(Cn2cnc3cc4c(cnn4C(c4ccccc4)(c4ccccc4)c4ccccc4)cc32)cc1. The van der Waals surface area contributed by atoms with E-state index in [4.69, 9.17) is 10.1 Å². The highest BCUT2D eigenvalue weighted by Crippen LogP contribution is 2.42. The van der Waals surface area contributed by atoms with Gasteiger partial charge in [0, 0.05) is 11.9 Å². The number of hydrogen-bond donors (Lipinski definition) is 0. The number of benzene rings is 5. The molecule has 7 rings (SSSR count). The normalized spacial score (nSPS) is 11.8. The van der Waals surface area contributed by atoms with Crippen LogP contribution in [-0.4, -0.2) is 19.3 Å². The maximum atomic E-state index is 5.09. The number of fused-ring (bicyclic) bond motifs is 2. The number of aromatic nitrogens is 4. The molecule has 0 unspecified atom stereocenters. The molecular weight excluding hydrogens is 464 g/mol. The first-order valence-electron chi connectivity index (χ1n) is 12.9. The number of nitrogens with zero attached hydrogens (tertiary/aromatic N) is 4. The number of imidazole rings is 1. The Labute approximate surface area is 221 Å². The largest absolute Gasteiger partial charge is 0.326 e. The van der Waals surface area contributed by atoms with Crippen molar-refractivity contribution in [2.75, 3.05) is 0 Å². The van der Waals surface area contributed by atoms with Crippen LogP contribution >= 0.6 is 0 Å². The number of rotatable bonds is 6. The molecule has 2 heterocycles. The molecule has 182 valence electrons. The van der Waals surface area contributed by atoms with Crippen LogP contribution in [0.5, 0.6) is 0 Å². The van der Waals surface area contributed by atoms with Crippen LogP contribution in [0.15, 0.2) is 146 Å². The van der Waals surface area contributed by atoms with Crippen molar-refractivity contribution in [3.8, 4) is 0 Å². The maximum absolute atomic E-state index is 5.09. The van der Waals surface area contributed by atoms with E-state index in [0.717, 1.165) is 45.2 Å². The lowest BCUT2D eigenvalue weighted by Gasteiger charge is -2.37. The molecule has 0 fully saturated rings. The minimum Gasteiger partial charge on any atom is -0.326 e. The molecule has 0 spiro atoms. The predicted molar refractivity (Wildman–Crippen MR) is 153 cm³/mol. The third-order valence-electron chi connectivity index (χ3n) is 7.40. The summed E-state index contributed by atoms with van der Waals surface area (Å²) in [5, 5.41) is 6.18. The van der Waals surface area contributed by atoms with Crippen molar-refractivity contribution in [1.29, 1.82) is 0 Å². The van der Waals surface area contributed by atoms with E-state index in [0.29, 0.717) is 0 Å². The molecule has 38 heavy (non-hydrogen) atoms. The van der Waals surface area contributed by atoms with E-state index in [1.807, 2.05) is 18.6 Å². The second kappa shape index (κ2) is 9.16. The highest BCUT2D eigenvalue weighted by Gasteiger charge is 2.40. The summed E-state index contributed by atoms with van der Waals surface area (Å²) in [7, 11) is 0. The van der Waals surface area contributed by atoms with Gasteiger partial charge in [-0.25, -0.2) is 9.67 Å². The minimum atomic E-state index is -0.661. The Morgan fingerprint density at radius 2 is 1.11 bits per heavy atom. The molecule has 0 saturated carbocycles. The van der Waals surface area contributed by atoms with Gasteiger partial charge in [0.1, 0.15) is 5.54 Å². The van der Waals surface area contributed by atoms with Crippen LogP contribution in [0.4, 0.5) is 0 Å². The second-order valence-corrected chi connectivity index (χ2v) is 9.62. The summed E-state index contributed by atoms with van der Waals surface area (Å²) in [5.74, 6) is 0. The van der Waals surface area contributed by atoms with Gasteiger partial charge in [-0.3, -0.25) is 0 Å². The van der Waals surface area contributed by atoms with E-state index in [-0.39, 0.29) is 0 Å².